The van der Waals surface area contributed by atoms with Gasteiger partial charge in [-0.15, -0.1) is 0 Å². The second-order valence-electron chi connectivity index (χ2n) is 4.78. The quantitative estimate of drug-likeness (QED) is 0.463. The highest BCUT2D eigenvalue weighted by Gasteiger charge is 2.11. The number of esters is 1. The highest BCUT2D eigenvalue weighted by Crippen LogP contribution is 2.26. The predicted octanol–water partition coefficient (Wildman–Crippen LogP) is 3.60. The number of hydrogen-bond donors (Lipinski definition) is 1. The van der Waals surface area contributed by atoms with Crippen molar-refractivity contribution in [2.24, 2.45) is 0 Å². The number of ketones is 1. The number of carbonyl (C=O) groups excluding carboxylic acids is 2. The monoisotopic (exact) mass is 390 g/mol. The molecule has 0 aliphatic carbocycles. The van der Waals surface area contributed by atoms with Crippen molar-refractivity contribution in [2.45, 2.75) is 0 Å². The van der Waals surface area contributed by atoms with E-state index in [-0.39, 0.29) is 18.1 Å². The molecule has 0 aliphatic heterocycles. The normalized spacial score (nSPS) is 10.6. The summed E-state index contributed by atoms with van der Waals surface area (Å²) in [5.74, 6) is -0.621. The highest BCUT2D eigenvalue weighted by atomic mass is 79.9. The number of aromatic hydroxyl groups is 1. The van der Waals surface area contributed by atoms with Crippen LogP contribution in [0.5, 0.6) is 11.5 Å². The molecule has 124 valence electrons. The lowest BCUT2D eigenvalue weighted by Crippen LogP contribution is -2.13. The second-order valence-corrected chi connectivity index (χ2v) is 5.63. The molecule has 0 amide bonds. The predicted molar refractivity (Wildman–Crippen MR) is 93.1 cm³/mol. The van der Waals surface area contributed by atoms with Gasteiger partial charge in [0.15, 0.2) is 18.1 Å². The van der Waals surface area contributed by atoms with Gasteiger partial charge in [-0.2, -0.15) is 0 Å². The molecule has 2 rings (SSSR count). The van der Waals surface area contributed by atoms with Crippen LogP contribution in [0.4, 0.5) is 0 Å². The topological polar surface area (TPSA) is 72.8 Å². The molecule has 0 fully saturated rings. The summed E-state index contributed by atoms with van der Waals surface area (Å²) < 4.78 is 10.6. The first-order valence-electron chi connectivity index (χ1n) is 7.01. The van der Waals surface area contributed by atoms with Gasteiger partial charge in [0.1, 0.15) is 0 Å². The molecule has 0 unspecified atom stereocenters. The number of ether oxygens (including phenoxy) is 2. The smallest absolute Gasteiger partial charge is 0.331 e. The van der Waals surface area contributed by atoms with Crippen molar-refractivity contribution in [1.82, 2.24) is 0 Å². The van der Waals surface area contributed by atoms with Crippen LogP contribution in [-0.4, -0.2) is 30.6 Å². The molecule has 0 atom stereocenters. The first kappa shape index (κ1) is 17.7. The Kier molecular flexibility index (Phi) is 6.14. The number of benzene rings is 2. The Morgan fingerprint density at radius 3 is 2.67 bits per heavy atom. The molecule has 0 spiro atoms. The van der Waals surface area contributed by atoms with E-state index < -0.39 is 5.97 Å². The molecule has 0 saturated carbocycles. The molecule has 2 aromatic carbocycles. The zero-order chi connectivity index (χ0) is 17.5. The van der Waals surface area contributed by atoms with E-state index in [1.165, 1.54) is 25.3 Å². The molecule has 0 aliphatic rings. The second kappa shape index (κ2) is 8.31. The van der Waals surface area contributed by atoms with Crippen LogP contribution in [0.3, 0.4) is 0 Å². The van der Waals surface area contributed by atoms with Gasteiger partial charge in [0, 0.05) is 16.1 Å². The van der Waals surface area contributed by atoms with Crippen LogP contribution in [0.2, 0.25) is 0 Å². The molecule has 2 aromatic rings. The maximum Gasteiger partial charge on any atom is 0.331 e. The summed E-state index contributed by atoms with van der Waals surface area (Å²) in [4.78, 5) is 23.7. The molecule has 24 heavy (non-hydrogen) atoms. The van der Waals surface area contributed by atoms with Crippen molar-refractivity contribution in [1.29, 1.82) is 0 Å². The van der Waals surface area contributed by atoms with Gasteiger partial charge in [0.05, 0.1) is 7.11 Å². The molecule has 6 heteroatoms. The lowest BCUT2D eigenvalue weighted by atomic mass is 10.1. The largest absolute Gasteiger partial charge is 0.504 e. The Morgan fingerprint density at radius 2 is 1.96 bits per heavy atom. The zero-order valence-electron chi connectivity index (χ0n) is 12.9. The van der Waals surface area contributed by atoms with E-state index in [1.807, 2.05) is 0 Å². The minimum absolute atomic E-state index is 0.0104. The van der Waals surface area contributed by atoms with Gasteiger partial charge in [-0.1, -0.05) is 40.2 Å². The third-order valence-corrected chi connectivity index (χ3v) is 3.83. The van der Waals surface area contributed by atoms with Gasteiger partial charge in [-0.3, -0.25) is 4.79 Å². The fourth-order valence-electron chi connectivity index (χ4n) is 1.91. The standard InChI is InChI=1S/C18H15BrO5/c1-23-17-10-12(6-8-15(17)20)7-9-18(22)24-11-16(21)13-4-2-3-5-14(13)19/h2-10,20H,11H2,1H3. The van der Waals surface area contributed by atoms with Gasteiger partial charge < -0.3 is 14.6 Å². The van der Waals surface area contributed by atoms with E-state index >= 15 is 0 Å². The molecular formula is C18H15BrO5. The minimum Gasteiger partial charge on any atom is -0.504 e. The number of Topliss-reactive ketones (excluding diaryl/α,β-unsaturated/α-hetero) is 1. The number of halogens is 1. The first-order chi connectivity index (χ1) is 11.5. The van der Waals surface area contributed by atoms with E-state index in [0.29, 0.717) is 21.3 Å². The fourth-order valence-corrected chi connectivity index (χ4v) is 2.42. The number of phenols is 1. The Bertz CT molecular complexity index is 783. The van der Waals surface area contributed by atoms with Gasteiger partial charge >= 0.3 is 5.97 Å². The summed E-state index contributed by atoms with van der Waals surface area (Å²) in [6, 6.07) is 11.6. The van der Waals surface area contributed by atoms with Crippen LogP contribution in [0, 0.1) is 0 Å². The maximum absolute atomic E-state index is 12.0. The summed E-state index contributed by atoms with van der Waals surface area (Å²) in [7, 11) is 1.43. The summed E-state index contributed by atoms with van der Waals surface area (Å²) in [5, 5.41) is 9.51. The lowest BCUT2D eigenvalue weighted by Gasteiger charge is -2.04. The number of hydrogen-bond acceptors (Lipinski definition) is 5. The average Bonchev–Trinajstić information content (AvgIpc) is 2.59. The third kappa shape index (κ3) is 4.70. The van der Waals surface area contributed by atoms with E-state index in [4.69, 9.17) is 9.47 Å². The molecule has 0 saturated heterocycles. The molecule has 1 N–H and O–H groups in total. The van der Waals surface area contributed by atoms with Crippen LogP contribution in [0.15, 0.2) is 53.0 Å². The minimum atomic E-state index is -0.637. The summed E-state index contributed by atoms with van der Waals surface area (Å²) in [6.07, 6.45) is 2.71. The van der Waals surface area contributed by atoms with Crippen molar-refractivity contribution in [3.05, 3.63) is 64.1 Å². The van der Waals surface area contributed by atoms with Crippen molar-refractivity contribution < 1.29 is 24.2 Å². The van der Waals surface area contributed by atoms with Crippen molar-refractivity contribution >= 4 is 33.8 Å². The van der Waals surface area contributed by atoms with Crippen LogP contribution < -0.4 is 4.74 Å². The van der Waals surface area contributed by atoms with Gasteiger partial charge in [0.2, 0.25) is 5.78 Å². The Balaban J connectivity index is 1.94. The van der Waals surface area contributed by atoms with Crippen LogP contribution in [-0.2, 0) is 9.53 Å². The van der Waals surface area contributed by atoms with Crippen molar-refractivity contribution in [2.75, 3.05) is 13.7 Å². The van der Waals surface area contributed by atoms with E-state index in [1.54, 1.807) is 36.4 Å². The number of methoxy groups -OCH3 is 1. The van der Waals surface area contributed by atoms with Gasteiger partial charge in [-0.05, 0) is 29.8 Å². The Hall–Kier alpha value is -2.60. The number of carbonyl (C=O) groups is 2. The fraction of sp³-hybridized carbons (Fsp3) is 0.111. The number of phenolic OH excluding ortho intramolecular Hbond substituents is 1. The Labute approximate surface area is 147 Å². The molecule has 5 nitrogen and oxygen atoms in total. The number of rotatable bonds is 6. The third-order valence-electron chi connectivity index (χ3n) is 3.14. The molecule has 0 radical (unpaired) electrons. The molecular weight excluding hydrogens is 376 g/mol. The molecule has 0 bridgehead atoms. The van der Waals surface area contributed by atoms with Gasteiger partial charge in [-0.25, -0.2) is 4.79 Å². The maximum atomic E-state index is 12.0. The van der Waals surface area contributed by atoms with Crippen LogP contribution >= 0.6 is 15.9 Å². The first-order valence-corrected chi connectivity index (χ1v) is 7.80. The van der Waals surface area contributed by atoms with E-state index in [2.05, 4.69) is 15.9 Å². The zero-order valence-corrected chi connectivity index (χ0v) is 14.4. The SMILES string of the molecule is COc1cc(C=CC(=O)OCC(=O)c2ccccc2Br)ccc1O. The Morgan fingerprint density at radius 1 is 1.21 bits per heavy atom. The van der Waals surface area contributed by atoms with Crippen LogP contribution in [0.1, 0.15) is 15.9 Å². The molecule has 0 heterocycles. The van der Waals surface area contributed by atoms with Crippen molar-refractivity contribution in [3.8, 4) is 11.5 Å². The van der Waals surface area contributed by atoms with Crippen molar-refractivity contribution in [3.63, 3.8) is 0 Å². The average molecular weight is 391 g/mol. The van der Waals surface area contributed by atoms with E-state index in [9.17, 15) is 14.7 Å². The summed E-state index contributed by atoms with van der Waals surface area (Å²) in [5.41, 5.74) is 1.11. The lowest BCUT2D eigenvalue weighted by molar-refractivity contribution is -0.136. The van der Waals surface area contributed by atoms with Gasteiger partial charge in [0.25, 0.3) is 0 Å². The highest BCUT2D eigenvalue weighted by molar-refractivity contribution is 9.10. The summed E-state index contributed by atoms with van der Waals surface area (Å²) in [6.45, 7) is -0.343. The van der Waals surface area contributed by atoms with E-state index in [0.717, 1.165) is 0 Å². The molecule has 0 aromatic heterocycles. The van der Waals surface area contributed by atoms with Crippen LogP contribution in [0.25, 0.3) is 6.08 Å². The summed E-state index contributed by atoms with van der Waals surface area (Å²) >= 11 is 3.28.